The van der Waals surface area contributed by atoms with Crippen molar-refractivity contribution in [3.63, 3.8) is 0 Å². The third-order valence-corrected chi connectivity index (χ3v) is 5.78. The first-order valence-electron chi connectivity index (χ1n) is 7.90. The molecular formula is C16H32IN3O2. The van der Waals surface area contributed by atoms with Crippen LogP contribution in [0.3, 0.4) is 0 Å². The van der Waals surface area contributed by atoms with E-state index in [9.17, 15) is 0 Å². The number of nitrogens with zero attached hydrogens (tertiary/aromatic N) is 2. The fourth-order valence-corrected chi connectivity index (χ4v) is 3.57. The molecule has 1 aliphatic heterocycles. The molecule has 0 amide bonds. The quantitative estimate of drug-likeness (QED) is 0.427. The standard InChI is InChI=1S/C16H31N3O2.HI/c1-15(2)13(9-16(15,3)21-6)18-14(17-4)19-8-7-12(10-19)11-20-5;/h12-13H,7-11H2,1-6H3,(H,17,18);1H. The summed E-state index contributed by atoms with van der Waals surface area (Å²) < 4.78 is 11.0. The minimum absolute atomic E-state index is 0. The van der Waals surface area contributed by atoms with Gasteiger partial charge in [0.05, 0.1) is 12.2 Å². The zero-order chi connectivity index (χ0) is 15.7. The Kier molecular flexibility index (Phi) is 6.95. The number of hydrogen-bond acceptors (Lipinski definition) is 3. The molecule has 1 saturated heterocycles. The summed E-state index contributed by atoms with van der Waals surface area (Å²) in [5, 5.41) is 3.64. The van der Waals surface area contributed by atoms with E-state index >= 15 is 0 Å². The van der Waals surface area contributed by atoms with Crippen LogP contribution in [0.15, 0.2) is 4.99 Å². The molecule has 0 spiro atoms. The smallest absolute Gasteiger partial charge is 0.193 e. The number of hydrogen-bond donors (Lipinski definition) is 1. The average Bonchev–Trinajstić information content (AvgIpc) is 2.91. The maximum atomic E-state index is 5.70. The number of guanidine groups is 1. The van der Waals surface area contributed by atoms with Crippen LogP contribution in [0.2, 0.25) is 0 Å². The van der Waals surface area contributed by atoms with E-state index in [1.54, 1.807) is 7.11 Å². The van der Waals surface area contributed by atoms with Crippen LogP contribution in [-0.2, 0) is 9.47 Å². The second-order valence-electron chi connectivity index (χ2n) is 7.16. The number of methoxy groups -OCH3 is 2. The zero-order valence-electron chi connectivity index (χ0n) is 14.8. The van der Waals surface area contributed by atoms with Crippen molar-refractivity contribution in [1.29, 1.82) is 0 Å². The van der Waals surface area contributed by atoms with Gasteiger partial charge in [-0.1, -0.05) is 13.8 Å². The minimum atomic E-state index is -0.0485. The lowest BCUT2D eigenvalue weighted by atomic mass is 9.56. The molecule has 0 radical (unpaired) electrons. The third-order valence-electron chi connectivity index (χ3n) is 5.78. The molecule has 1 saturated carbocycles. The van der Waals surface area contributed by atoms with Gasteiger partial charge in [-0.3, -0.25) is 4.99 Å². The minimum Gasteiger partial charge on any atom is -0.384 e. The number of ether oxygens (including phenoxy) is 2. The lowest BCUT2D eigenvalue weighted by Gasteiger charge is -2.59. The average molecular weight is 425 g/mol. The summed E-state index contributed by atoms with van der Waals surface area (Å²) in [5.74, 6) is 1.64. The molecule has 1 aliphatic carbocycles. The molecule has 2 rings (SSSR count). The molecule has 2 fully saturated rings. The van der Waals surface area contributed by atoms with Gasteiger partial charge in [-0.25, -0.2) is 0 Å². The van der Waals surface area contributed by atoms with E-state index in [0.29, 0.717) is 12.0 Å². The second-order valence-corrected chi connectivity index (χ2v) is 7.16. The molecule has 22 heavy (non-hydrogen) atoms. The molecule has 2 aliphatic rings. The van der Waals surface area contributed by atoms with E-state index in [1.807, 2.05) is 14.2 Å². The van der Waals surface area contributed by atoms with Crippen molar-refractivity contribution in [3.8, 4) is 0 Å². The van der Waals surface area contributed by atoms with Gasteiger partial charge in [0.2, 0.25) is 0 Å². The Morgan fingerprint density at radius 1 is 1.32 bits per heavy atom. The number of aliphatic imine (C=N–C) groups is 1. The molecule has 1 heterocycles. The van der Waals surface area contributed by atoms with Crippen molar-refractivity contribution < 1.29 is 9.47 Å². The number of rotatable bonds is 4. The largest absolute Gasteiger partial charge is 0.384 e. The van der Waals surface area contributed by atoms with Gasteiger partial charge in [0.1, 0.15) is 0 Å². The maximum Gasteiger partial charge on any atom is 0.193 e. The highest BCUT2D eigenvalue weighted by Crippen LogP contribution is 2.51. The van der Waals surface area contributed by atoms with E-state index < -0.39 is 0 Å². The van der Waals surface area contributed by atoms with Crippen molar-refractivity contribution in [1.82, 2.24) is 10.2 Å². The number of nitrogens with one attached hydrogen (secondary N) is 1. The van der Waals surface area contributed by atoms with Crippen LogP contribution in [-0.4, -0.2) is 63.5 Å². The summed E-state index contributed by atoms with van der Waals surface area (Å²) in [5.41, 5.74) is 0.0520. The van der Waals surface area contributed by atoms with E-state index in [1.165, 1.54) is 6.42 Å². The van der Waals surface area contributed by atoms with Crippen molar-refractivity contribution in [2.24, 2.45) is 16.3 Å². The topological polar surface area (TPSA) is 46.1 Å². The normalized spacial score (nSPS) is 34.1. The van der Waals surface area contributed by atoms with Gasteiger partial charge in [-0.05, 0) is 19.8 Å². The molecule has 5 nitrogen and oxygen atoms in total. The van der Waals surface area contributed by atoms with E-state index in [-0.39, 0.29) is 35.0 Å². The van der Waals surface area contributed by atoms with Crippen molar-refractivity contribution in [2.75, 3.05) is 41.0 Å². The van der Waals surface area contributed by atoms with Crippen molar-refractivity contribution in [2.45, 2.75) is 45.3 Å². The molecule has 1 N–H and O–H groups in total. The van der Waals surface area contributed by atoms with Gasteiger partial charge >= 0.3 is 0 Å². The van der Waals surface area contributed by atoms with Gasteiger partial charge in [0.15, 0.2) is 5.96 Å². The summed E-state index contributed by atoms with van der Waals surface area (Å²) in [6.07, 6.45) is 2.20. The highest BCUT2D eigenvalue weighted by molar-refractivity contribution is 14.0. The highest BCUT2D eigenvalue weighted by atomic mass is 127. The molecule has 0 aromatic rings. The van der Waals surface area contributed by atoms with Crippen LogP contribution in [0.1, 0.15) is 33.6 Å². The fourth-order valence-electron chi connectivity index (χ4n) is 3.57. The molecular weight excluding hydrogens is 393 g/mol. The van der Waals surface area contributed by atoms with Gasteiger partial charge in [0, 0.05) is 51.7 Å². The van der Waals surface area contributed by atoms with Crippen LogP contribution in [0, 0.1) is 11.3 Å². The molecule has 3 atom stereocenters. The molecule has 6 heteroatoms. The Hall–Kier alpha value is -0.0800. The van der Waals surface area contributed by atoms with Crippen LogP contribution in [0.25, 0.3) is 0 Å². The fraction of sp³-hybridized carbons (Fsp3) is 0.938. The Bertz CT molecular complexity index is 403. The van der Waals surface area contributed by atoms with Gasteiger partial charge in [0.25, 0.3) is 0 Å². The number of likely N-dealkylation sites (tertiary alicyclic amines) is 1. The third kappa shape index (κ3) is 3.53. The summed E-state index contributed by atoms with van der Waals surface area (Å²) >= 11 is 0. The van der Waals surface area contributed by atoms with E-state index in [0.717, 1.165) is 32.1 Å². The Morgan fingerprint density at radius 2 is 2.00 bits per heavy atom. The molecule has 0 aromatic carbocycles. The Labute approximate surface area is 152 Å². The van der Waals surface area contributed by atoms with Crippen molar-refractivity contribution >= 4 is 29.9 Å². The Balaban J connectivity index is 0.00000242. The summed E-state index contributed by atoms with van der Waals surface area (Å²) in [4.78, 5) is 6.82. The van der Waals surface area contributed by atoms with E-state index in [2.05, 4.69) is 36.0 Å². The van der Waals surface area contributed by atoms with Gasteiger partial charge < -0.3 is 19.7 Å². The first-order chi connectivity index (χ1) is 9.87. The van der Waals surface area contributed by atoms with Crippen LogP contribution >= 0.6 is 24.0 Å². The van der Waals surface area contributed by atoms with E-state index in [4.69, 9.17) is 9.47 Å². The summed E-state index contributed by atoms with van der Waals surface area (Å²) in [7, 11) is 5.45. The Morgan fingerprint density at radius 3 is 2.50 bits per heavy atom. The zero-order valence-corrected chi connectivity index (χ0v) is 17.1. The predicted octanol–water partition coefficient (Wildman–Crippen LogP) is 2.35. The first-order valence-corrected chi connectivity index (χ1v) is 7.90. The van der Waals surface area contributed by atoms with Crippen LogP contribution in [0.4, 0.5) is 0 Å². The highest BCUT2D eigenvalue weighted by Gasteiger charge is 2.58. The van der Waals surface area contributed by atoms with Crippen LogP contribution < -0.4 is 5.32 Å². The molecule has 3 unspecified atom stereocenters. The van der Waals surface area contributed by atoms with Gasteiger partial charge in [-0.2, -0.15) is 0 Å². The maximum absolute atomic E-state index is 5.70. The van der Waals surface area contributed by atoms with Gasteiger partial charge in [-0.15, -0.1) is 24.0 Å². The van der Waals surface area contributed by atoms with Crippen molar-refractivity contribution in [3.05, 3.63) is 0 Å². The molecule has 0 bridgehead atoms. The van der Waals surface area contributed by atoms with Crippen LogP contribution in [0.5, 0.6) is 0 Å². The predicted molar refractivity (Wildman–Crippen MR) is 101 cm³/mol. The molecule has 130 valence electrons. The second kappa shape index (κ2) is 7.66. The summed E-state index contributed by atoms with van der Waals surface area (Å²) in [6.45, 7) is 9.65. The lowest BCUT2D eigenvalue weighted by Crippen LogP contribution is -2.69. The molecule has 0 aromatic heterocycles. The summed E-state index contributed by atoms with van der Waals surface area (Å²) in [6, 6.07) is 0.405. The number of halogens is 1. The first kappa shape index (κ1) is 20.0. The lowest BCUT2D eigenvalue weighted by molar-refractivity contribution is -0.176. The monoisotopic (exact) mass is 425 g/mol. The SMILES string of the molecule is CN=C(NC1CC(C)(OC)C1(C)C)N1CCC(COC)C1.I.